The number of nitrogens with zero attached hydrogens (tertiary/aromatic N) is 1. The lowest BCUT2D eigenvalue weighted by Crippen LogP contribution is -2.31. The quantitative estimate of drug-likeness (QED) is 0.566. The Morgan fingerprint density at radius 3 is 2.62 bits per heavy atom. The van der Waals surface area contributed by atoms with Crippen molar-refractivity contribution in [2.24, 2.45) is 5.73 Å². The summed E-state index contributed by atoms with van der Waals surface area (Å²) in [7, 11) is 4.04. The smallest absolute Gasteiger partial charge is 0.221 e. The van der Waals surface area contributed by atoms with E-state index in [0.717, 1.165) is 19.5 Å². The maximum Gasteiger partial charge on any atom is 0.221 e. The molecule has 0 aromatic rings. The van der Waals surface area contributed by atoms with Crippen LogP contribution in [0.4, 0.5) is 0 Å². The van der Waals surface area contributed by atoms with Gasteiger partial charge in [0, 0.05) is 19.0 Å². The summed E-state index contributed by atoms with van der Waals surface area (Å²) in [6.45, 7) is 3.57. The van der Waals surface area contributed by atoms with Crippen LogP contribution in [-0.2, 0) is 4.79 Å². The molecule has 1 amide bonds. The van der Waals surface area contributed by atoms with E-state index >= 15 is 0 Å². The first-order chi connectivity index (χ1) is 6.02. The maximum atomic E-state index is 11.1. The zero-order valence-corrected chi connectivity index (χ0v) is 8.84. The summed E-state index contributed by atoms with van der Waals surface area (Å²) in [6.07, 6.45) is 1.40. The van der Waals surface area contributed by atoms with E-state index < -0.39 is 0 Å². The van der Waals surface area contributed by atoms with Crippen LogP contribution < -0.4 is 11.1 Å². The van der Waals surface area contributed by atoms with Gasteiger partial charge in [0.15, 0.2) is 0 Å². The molecule has 4 heteroatoms. The molecule has 0 aliphatic carbocycles. The molecule has 0 aliphatic heterocycles. The standard InChI is InChI=1S/C9H21N3O/c1-8(10)7-9(13)11-5-4-6-12(2)3/h8H,4-7,10H2,1-3H3,(H,11,13). The highest BCUT2D eigenvalue weighted by molar-refractivity contribution is 5.76. The van der Waals surface area contributed by atoms with Crippen molar-refractivity contribution < 1.29 is 4.79 Å². The third-order valence-corrected chi connectivity index (χ3v) is 1.61. The number of hydrogen-bond donors (Lipinski definition) is 2. The molecule has 0 radical (unpaired) electrons. The van der Waals surface area contributed by atoms with Gasteiger partial charge in [0.2, 0.25) is 5.91 Å². The minimum atomic E-state index is -0.0474. The third-order valence-electron chi connectivity index (χ3n) is 1.61. The number of amides is 1. The van der Waals surface area contributed by atoms with Gasteiger partial charge in [0.1, 0.15) is 0 Å². The fraction of sp³-hybridized carbons (Fsp3) is 0.889. The Morgan fingerprint density at radius 2 is 2.15 bits per heavy atom. The number of hydrogen-bond acceptors (Lipinski definition) is 3. The monoisotopic (exact) mass is 187 g/mol. The molecule has 78 valence electrons. The van der Waals surface area contributed by atoms with Crippen molar-refractivity contribution in [1.82, 2.24) is 10.2 Å². The Bertz CT molecular complexity index is 146. The van der Waals surface area contributed by atoms with Crippen molar-refractivity contribution in [3.8, 4) is 0 Å². The van der Waals surface area contributed by atoms with E-state index in [0.29, 0.717) is 6.42 Å². The van der Waals surface area contributed by atoms with Crippen molar-refractivity contribution >= 4 is 5.91 Å². The van der Waals surface area contributed by atoms with Crippen molar-refractivity contribution in [2.75, 3.05) is 27.2 Å². The molecule has 1 atom stereocenters. The van der Waals surface area contributed by atoms with Crippen LogP contribution >= 0.6 is 0 Å². The molecular weight excluding hydrogens is 166 g/mol. The molecule has 0 aromatic heterocycles. The first kappa shape index (κ1) is 12.4. The summed E-state index contributed by atoms with van der Waals surface area (Å²) in [4.78, 5) is 13.2. The molecule has 0 aromatic carbocycles. The molecule has 13 heavy (non-hydrogen) atoms. The van der Waals surface area contributed by atoms with Crippen LogP contribution in [0, 0.1) is 0 Å². The van der Waals surface area contributed by atoms with Gasteiger partial charge in [0.05, 0.1) is 0 Å². The van der Waals surface area contributed by atoms with E-state index in [-0.39, 0.29) is 11.9 Å². The Kier molecular flexibility index (Phi) is 6.54. The Labute approximate surface area is 80.5 Å². The van der Waals surface area contributed by atoms with Crippen LogP contribution in [0.1, 0.15) is 19.8 Å². The highest BCUT2D eigenvalue weighted by Gasteiger charge is 2.03. The summed E-state index contributed by atoms with van der Waals surface area (Å²) in [5, 5.41) is 2.82. The Hall–Kier alpha value is -0.610. The molecule has 0 bridgehead atoms. The number of nitrogens with one attached hydrogen (secondary N) is 1. The number of rotatable bonds is 6. The zero-order chi connectivity index (χ0) is 10.3. The van der Waals surface area contributed by atoms with Crippen LogP contribution in [0.25, 0.3) is 0 Å². The van der Waals surface area contributed by atoms with Gasteiger partial charge in [0.25, 0.3) is 0 Å². The van der Waals surface area contributed by atoms with Gasteiger partial charge in [-0.15, -0.1) is 0 Å². The number of carbonyl (C=O) groups is 1. The van der Waals surface area contributed by atoms with Crippen molar-refractivity contribution in [3.05, 3.63) is 0 Å². The lowest BCUT2D eigenvalue weighted by molar-refractivity contribution is -0.121. The Morgan fingerprint density at radius 1 is 1.54 bits per heavy atom. The van der Waals surface area contributed by atoms with Crippen LogP contribution in [0.2, 0.25) is 0 Å². The van der Waals surface area contributed by atoms with Gasteiger partial charge in [-0.3, -0.25) is 4.79 Å². The van der Waals surface area contributed by atoms with Crippen LogP contribution in [0.3, 0.4) is 0 Å². The molecule has 0 spiro atoms. The second kappa shape index (κ2) is 6.86. The zero-order valence-electron chi connectivity index (χ0n) is 8.84. The van der Waals surface area contributed by atoms with E-state index in [1.165, 1.54) is 0 Å². The first-order valence-electron chi connectivity index (χ1n) is 4.69. The van der Waals surface area contributed by atoms with Gasteiger partial charge in [-0.1, -0.05) is 0 Å². The minimum absolute atomic E-state index is 0.0474. The molecular formula is C9H21N3O. The normalized spacial score (nSPS) is 13.0. The largest absolute Gasteiger partial charge is 0.356 e. The van der Waals surface area contributed by atoms with Crippen LogP contribution in [-0.4, -0.2) is 44.0 Å². The average Bonchev–Trinajstić information content (AvgIpc) is 1.96. The molecule has 1 unspecified atom stereocenters. The summed E-state index contributed by atoms with van der Waals surface area (Å²) < 4.78 is 0. The van der Waals surface area contributed by atoms with Gasteiger partial charge in [-0.05, 0) is 34.0 Å². The number of carbonyl (C=O) groups excluding carboxylic acids is 1. The molecule has 0 aliphatic rings. The topological polar surface area (TPSA) is 58.4 Å². The Balaban J connectivity index is 3.27. The third kappa shape index (κ3) is 9.30. The summed E-state index contributed by atoms with van der Waals surface area (Å²) in [5.74, 6) is 0.0498. The van der Waals surface area contributed by atoms with Crippen LogP contribution in [0.15, 0.2) is 0 Å². The fourth-order valence-corrected chi connectivity index (χ4v) is 0.988. The second-order valence-corrected chi connectivity index (χ2v) is 3.69. The number of nitrogens with two attached hydrogens (primary N) is 1. The highest BCUT2D eigenvalue weighted by Crippen LogP contribution is 1.86. The summed E-state index contributed by atoms with van der Waals surface area (Å²) in [5.41, 5.74) is 5.48. The van der Waals surface area contributed by atoms with Gasteiger partial charge in [-0.25, -0.2) is 0 Å². The van der Waals surface area contributed by atoms with E-state index in [1.807, 2.05) is 21.0 Å². The maximum absolute atomic E-state index is 11.1. The molecule has 4 nitrogen and oxygen atoms in total. The fourth-order valence-electron chi connectivity index (χ4n) is 0.988. The van der Waals surface area contributed by atoms with E-state index in [4.69, 9.17) is 5.73 Å². The molecule has 3 N–H and O–H groups in total. The lowest BCUT2D eigenvalue weighted by atomic mass is 10.2. The van der Waals surface area contributed by atoms with Gasteiger partial charge < -0.3 is 16.0 Å². The molecule has 0 fully saturated rings. The van der Waals surface area contributed by atoms with Crippen molar-refractivity contribution in [3.63, 3.8) is 0 Å². The predicted molar refractivity (Wildman–Crippen MR) is 54.4 cm³/mol. The van der Waals surface area contributed by atoms with E-state index in [9.17, 15) is 4.79 Å². The minimum Gasteiger partial charge on any atom is -0.356 e. The van der Waals surface area contributed by atoms with Crippen molar-refractivity contribution in [2.45, 2.75) is 25.8 Å². The SMILES string of the molecule is CC(N)CC(=O)NCCCN(C)C. The van der Waals surface area contributed by atoms with Crippen LogP contribution in [0.5, 0.6) is 0 Å². The molecule has 0 saturated carbocycles. The predicted octanol–water partition coefficient (Wildman–Crippen LogP) is -0.208. The summed E-state index contributed by atoms with van der Waals surface area (Å²) >= 11 is 0. The van der Waals surface area contributed by atoms with Gasteiger partial charge in [-0.2, -0.15) is 0 Å². The summed E-state index contributed by atoms with van der Waals surface area (Å²) in [6, 6.07) is -0.0474. The average molecular weight is 187 g/mol. The molecule has 0 heterocycles. The van der Waals surface area contributed by atoms with E-state index in [1.54, 1.807) is 0 Å². The van der Waals surface area contributed by atoms with Gasteiger partial charge >= 0.3 is 0 Å². The first-order valence-corrected chi connectivity index (χ1v) is 4.69. The van der Waals surface area contributed by atoms with Crippen molar-refractivity contribution in [1.29, 1.82) is 0 Å². The lowest BCUT2D eigenvalue weighted by Gasteiger charge is -2.10. The molecule has 0 rings (SSSR count). The highest BCUT2D eigenvalue weighted by atomic mass is 16.1. The van der Waals surface area contributed by atoms with E-state index in [2.05, 4.69) is 10.2 Å². The second-order valence-electron chi connectivity index (χ2n) is 3.69. The molecule has 0 saturated heterocycles.